The van der Waals surface area contributed by atoms with Crippen LogP contribution in [0.15, 0.2) is 53.0 Å². The van der Waals surface area contributed by atoms with Crippen LogP contribution in [0.5, 0.6) is 0 Å². The number of carbonyl (C=O) groups is 2. The first-order valence-electron chi connectivity index (χ1n) is 9.30. The third-order valence-electron chi connectivity index (χ3n) is 4.65. The summed E-state index contributed by atoms with van der Waals surface area (Å²) in [6, 6.07) is 14.9. The molecule has 1 fully saturated rings. The summed E-state index contributed by atoms with van der Waals surface area (Å²) in [5.74, 6) is -0.189. The number of benzene rings is 2. The van der Waals surface area contributed by atoms with Crippen LogP contribution < -0.4 is 16.0 Å². The van der Waals surface area contributed by atoms with E-state index < -0.39 is 0 Å². The quantitative estimate of drug-likeness (QED) is 0.629. The summed E-state index contributed by atoms with van der Waals surface area (Å²) in [5.41, 5.74) is 2.16. The maximum absolute atomic E-state index is 12.3. The molecule has 1 saturated carbocycles. The van der Waals surface area contributed by atoms with Gasteiger partial charge in [0.05, 0.1) is 6.54 Å². The number of hydrogen-bond acceptors (Lipinski definition) is 3. The summed E-state index contributed by atoms with van der Waals surface area (Å²) in [4.78, 5) is 24.4. The first kappa shape index (κ1) is 19.4. The van der Waals surface area contributed by atoms with Crippen LogP contribution in [0, 0.1) is 0 Å². The molecule has 2 amide bonds. The molecule has 2 aromatic rings. The SMILES string of the molecule is O=C(CNc1cccc(Br)c1)Nc1ccc(C(=O)NC2CCCCC2)cc1. The van der Waals surface area contributed by atoms with Gasteiger partial charge >= 0.3 is 0 Å². The van der Waals surface area contributed by atoms with Gasteiger partial charge in [-0.3, -0.25) is 9.59 Å². The van der Waals surface area contributed by atoms with E-state index in [-0.39, 0.29) is 24.4 Å². The fourth-order valence-electron chi connectivity index (χ4n) is 3.21. The third-order valence-corrected chi connectivity index (χ3v) is 5.14. The second-order valence-corrected chi connectivity index (χ2v) is 7.71. The van der Waals surface area contributed by atoms with Crippen LogP contribution in [-0.2, 0) is 4.79 Å². The molecule has 0 unspecified atom stereocenters. The van der Waals surface area contributed by atoms with E-state index >= 15 is 0 Å². The summed E-state index contributed by atoms with van der Waals surface area (Å²) in [5, 5.41) is 9.00. The van der Waals surface area contributed by atoms with E-state index in [0.29, 0.717) is 11.3 Å². The lowest BCUT2D eigenvalue weighted by molar-refractivity contribution is -0.114. The molecule has 27 heavy (non-hydrogen) atoms. The van der Waals surface area contributed by atoms with Crippen molar-refractivity contribution in [2.75, 3.05) is 17.2 Å². The Morgan fingerprint density at radius 2 is 1.70 bits per heavy atom. The normalized spacial score (nSPS) is 14.4. The number of amides is 2. The monoisotopic (exact) mass is 429 g/mol. The molecule has 5 nitrogen and oxygen atoms in total. The van der Waals surface area contributed by atoms with Gasteiger partial charge in [0.25, 0.3) is 5.91 Å². The molecule has 0 spiro atoms. The highest BCUT2D eigenvalue weighted by Gasteiger charge is 2.16. The van der Waals surface area contributed by atoms with E-state index in [1.807, 2.05) is 24.3 Å². The lowest BCUT2D eigenvalue weighted by Crippen LogP contribution is -2.36. The van der Waals surface area contributed by atoms with Crippen molar-refractivity contribution in [1.82, 2.24) is 5.32 Å². The van der Waals surface area contributed by atoms with Crippen LogP contribution in [-0.4, -0.2) is 24.4 Å². The van der Waals surface area contributed by atoms with Crippen molar-refractivity contribution < 1.29 is 9.59 Å². The van der Waals surface area contributed by atoms with Crippen LogP contribution in [0.25, 0.3) is 0 Å². The van der Waals surface area contributed by atoms with Crippen molar-refractivity contribution in [1.29, 1.82) is 0 Å². The Balaban J connectivity index is 1.47. The third kappa shape index (κ3) is 6.10. The molecule has 3 rings (SSSR count). The molecule has 0 aliphatic heterocycles. The first-order valence-corrected chi connectivity index (χ1v) is 10.1. The summed E-state index contributed by atoms with van der Waals surface area (Å²) >= 11 is 3.40. The lowest BCUT2D eigenvalue weighted by atomic mass is 9.95. The zero-order valence-corrected chi connectivity index (χ0v) is 16.7. The molecule has 0 bridgehead atoms. The van der Waals surface area contributed by atoms with E-state index in [1.165, 1.54) is 19.3 Å². The molecular weight excluding hydrogens is 406 g/mol. The topological polar surface area (TPSA) is 70.2 Å². The summed E-state index contributed by atoms with van der Waals surface area (Å²) in [6.45, 7) is 0.167. The van der Waals surface area contributed by atoms with Gasteiger partial charge in [-0.15, -0.1) is 0 Å². The highest BCUT2D eigenvalue weighted by molar-refractivity contribution is 9.10. The number of nitrogens with one attached hydrogen (secondary N) is 3. The fraction of sp³-hybridized carbons (Fsp3) is 0.333. The molecule has 6 heteroatoms. The number of halogens is 1. The van der Waals surface area contributed by atoms with Gasteiger partial charge in [0, 0.05) is 27.5 Å². The Morgan fingerprint density at radius 1 is 0.963 bits per heavy atom. The molecule has 2 aromatic carbocycles. The predicted molar refractivity (Wildman–Crippen MR) is 112 cm³/mol. The molecule has 3 N–H and O–H groups in total. The minimum Gasteiger partial charge on any atom is -0.376 e. The van der Waals surface area contributed by atoms with Crippen LogP contribution in [0.3, 0.4) is 0 Å². The van der Waals surface area contributed by atoms with Gasteiger partial charge in [-0.05, 0) is 55.3 Å². The van der Waals surface area contributed by atoms with Crippen LogP contribution in [0.1, 0.15) is 42.5 Å². The van der Waals surface area contributed by atoms with Gasteiger partial charge in [-0.25, -0.2) is 0 Å². The second kappa shape index (κ2) is 9.55. The molecule has 0 saturated heterocycles. The maximum Gasteiger partial charge on any atom is 0.251 e. The van der Waals surface area contributed by atoms with Crippen molar-refractivity contribution in [2.45, 2.75) is 38.1 Å². The average molecular weight is 430 g/mol. The van der Waals surface area contributed by atoms with E-state index in [4.69, 9.17) is 0 Å². The van der Waals surface area contributed by atoms with Crippen molar-refractivity contribution in [2.24, 2.45) is 0 Å². The summed E-state index contributed by atoms with van der Waals surface area (Å²) in [6.07, 6.45) is 5.75. The number of anilines is 2. The Morgan fingerprint density at radius 3 is 2.41 bits per heavy atom. The Hall–Kier alpha value is -2.34. The second-order valence-electron chi connectivity index (χ2n) is 6.80. The van der Waals surface area contributed by atoms with Crippen LogP contribution in [0.4, 0.5) is 11.4 Å². The van der Waals surface area contributed by atoms with Gasteiger partial charge in [-0.2, -0.15) is 0 Å². The molecule has 0 aromatic heterocycles. The van der Waals surface area contributed by atoms with E-state index in [9.17, 15) is 9.59 Å². The van der Waals surface area contributed by atoms with Crippen LogP contribution in [0.2, 0.25) is 0 Å². The van der Waals surface area contributed by atoms with Crippen LogP contribution >= 0.6 is 15.9 Å². The van der Waals surface area contributed by atoms with Crippen molar-refractivity contribution in [3.8, 4) is 0 Å². The highest BCUT2D eigenvalue weighted by atomic mass is 79.9. The molecular formula is C21H24BrN3O2. The number of rotatable bonds is 6. The fourth-order valence-corrected chi connectivity index (χ4v) is 3.61. The summed E-state index contributed by atoms with van der Waals surface area (Å²) in [7, 11) is 0. The highest BCUT2D eigenvalue weighted by Crippen LogP contribution is 2.18. The minimum absolute atomic E-state index is 0.0453. The van der Waals surface area contributed by atoms with Crippen molar-refractivity contribution >= 4 is 39.1 Å². The molecule has 1 aliphatic rings. The molecule has 0 radical (unpaired) electrons. The van der Waals surface area contributed by atoms with Gasteiger partial charge in [0.1, 0.15) is 0 Å². The van der Waals surface area contributed by atoms with Gasteiger partial charge in [-0.1, -0.05) is 41.3 Å². The van der Waals surface area contributed by atoms with Gasteiger partial charge in [0.15, 0.2) is 0 Å². The minimum atomic E-state index is -0.144. The standard InChI is InChI=1S/C21H24BrN3O2/c22-16-5-4-8-19(13-16)23-14-20(26)24-18-11-9-15(10-12-18)21(27)25-17-6-2-1-3-7-17/h4-5,8-13,17,23H,1-3,6-7,14H2,(H,24,26)(H,25,27). The predicted octanol–water partition coefficient (Wildman–Crippen LogP) is 4.56. The Labute approximate surface area is 168 Å². The van der Waals surface area contributed by atoms with Crippen molar-refractivity contribution in [3.05, 3.63) is 58.6 Å². The first-order chi connectivity index (χ1) is 13.1. The average Bonchev–Trinajstić information content (AvgIpc) is 2.68. The Bertz CT molecular complexity index is 786. The maximum atomic E-state index is 12.3. The lowest BCUT2D eigenvalue weighted by Gasteiger charge is -2.22. The molecule has 0 heterocycles. The Kier molecular flexibility index (Phi) is 6.87. The number of carbonyl (C=O) groups excluding carboxylic acids is 2. The van der Waals surface area contributed by atoms with E-state index in [0.717, 1.165) is 23.0 Å². The molecule has 142 valence electrons. The number of hydrogen-bond donors (Lipinski definition) is 3. The van der Waals surface area contributed by atoms with E-state index in [2.05, 4.69) is 31.9 Å². The zero-order chi connectivity index (χ0) is 19.1. The smallest absolute Gasteiger partial charge is 0.251 e. The summed E-state index contributed by atoms with van der Waals surface area (Å²) < 4.78 is 0.954. The molecule has 1 aliphatic carbocycles. The van der Waals surface area contributed by atoms with Gasteiger partial charge < -0.3 is 16.0 Å². The van der Waals surface area contributed by atoms with Crippen molar-refractivity contribution in [3.63, 3.8) is 0 Å². The molecule has 0 atom stereocenters. The largest absolute Gasteiger partial charge is 0.376 e. The van der Waals surface area contributed by atoms with E-state index in [1.54, 1.807) is 24.3 Å². The zero-order valence-electron chi connectivity index (χ0n) is 15.1. The van der Waals surface area contributed by atoms with Gasteiger partial charge in [0.2, 0.25) is 5.91 Å².